The van der Waals surface area contributed by atoms with Crippen molar-refractivity contribution in [1.29, 1.82) is 0 Å². The van der Waals surface area contributed by atoms with Crippen LogP contribution < -0.4 is 9.64 Å². The maximum atomic E-state index is 12.3. The molecule has 6 nitrogen and oxygen atoms in total. The van der Waals surface area contributed by atoms with E-state index < -0.39 is 0 Å². The van der Waals surface area contributed by atoms with Gasteiger partial charge in [0.05, 0.1) is 12.2 Å². The predicted octanol–water partition coefficient (Wildman–Crippen LogP) is 2.44. The van der Waals surface area contributed by atoms with Crippen molar-refractivity contribution < 1.29 is 18.7 Å². The van der Waals surface area contributed by atoms with E-state index in [4.69, 9.17) is 9.15 Å². The number of likely N-dealkylation sites (tertiary alicyclic amines) is 1. The molecule has 0 atom stereocenters. The molecule has 0 radical (unpaired) electrons. The van der Waals surface area contributed by atoms with Crippen LogP contribution in [-0.2, 0) is 11.3 Å². The van der Waals surface area contributed by atoms with Crippen LogP contribution in [0.4, 0.5) is 5.69 Å². The molecule has 2 aromatic rings. The molecule has 1 fully saturated rings. The van der Waals surface area contributed by atoms with E-state index >= 15 is 0 Å². The number of fused-ring (bicyclic) bond motifs is 1. The minimum atomic E-state index is -0.127. The summed E-state index contributed by atoms with van der Waals surface area (Å²) in [5, 5.41) is 0. The second-order valence-electron chi connectivity index (χ2n) is 6.00. The molecular formula is C18H18N2O4. The van der Waals surface area contributed by atoms with Crippen LogP contribution in [0.5, 0.6) is 5.75 Å². The Hall–Kier alpha value is -2.76. The van der Waals surface area contributed by atoms with Gasteiger partial charge in [-0.05, 0) is 37.1 Å². The third-order valence-corrected chi connectivity index (χ3v) is 4.39. The number of hydrogen-bond donors (Lipinski definition) is 0. The highest BCUT2D eigenvalue weighted by molar-refractivity contribution is 5.97. The Morgan fingerprint density at radius 3 is 2.71 bits per heavy atom. The van der Waals surface area contributed by atoms with Crippen molar-refractivity contribution in [3.63, 3.8) is 0 Å². The van der Waals surface area contributed by atoms with Crippen molar-refractivity contribution in [2.75, 3.05) is 24.6 Å². The summed E-state index contributed by atoms with van der Waals surface area (Å²) in [5.41, 5.74) is 0.720. The van der Waals surface area contributed by atoms with Crippen molar-refractivity contribution >= 4 is 17.5 Å². The molecule has 0 bridgehead atoms. The standard InChI is InChI=1S/C18H18N2O4/c21-17-12-23-15-6-2-1-5-14(15)20(17)11-13-7-8-16(24-13)18(22)19-9-3-4-10-19/h1-2,5-8H,3-4,9-12H2. The lowest BCUT2D eigenvalue weighted by atomic mass is 10.2. The van der Waals surface area contributed by atoms with E-state index in [-0.39, 0.29) is 25.0 Å². The predicted molar refractivity (Wildman–Crippen MR) is 87.0 cm³/mol. The van der Waals surface area contributed by atoms with E-state index in [1.54, 1.807) is 21.9 Å². The first-order valence-corrected chi connectivity index (χ1v) is 8.12. The van der Waals surface area contributed by atoms with Crippen LogP contribution in [0.2, 0.25) is 0 Å². The summed E-state index contributed by atoms with van der Waals surface area (Å²) in [6.07, 6.45) is 2.08. The van der Waals surface area contributed by atoms with E-state index in [0.717, 1.165) is 31.6 Å². The van der Waals surface area contributed by atoms with Gasteiger partial charge >= 0.3 is 0 Å². The van der Waals surface area contributed by atoms with E-state index in [1.165, 1.54) is 0 Å². The summed E-state index contributed by atoms with van der Waals surface area (Å²) in [7, 11) is 0. The summed E-state index contributed by atoms with van der Waals surface area (Å²) >= 11 is 0. The summed E-state index contributed by atoms with van der Waals surface area (Å²) in [6.45, 7) is 1.86. The maximum Gasteiger partial charge on any atom is 0.289 e. The van der Waals surface area contributed by atoms with Gasteiger partial charge in [-0.1, -0.05) is 12.1 Å². The van der Waals surface area contributed by atoms with Gasteiger partial charge in [-0.25, -0.2) is 0 Å². The topological polar surface area (TPSA) is 63.0 Å². The number of ether oxygens (including phenoxy) is 1. The fourth-order valence-electron chi connectivity index (χ4n) is 3.14. The lowest BCUT2D eigenvalue weighted by molar-refractivity contribution is -0.121. The van der Waals surface area contributed by atoms with E-state index in [1.807, 2.05) is 24.3 Å². The molecule has 1 saturated heterocycles. The Balaban J connectivity index is 1.54. The monoisotopic (exact) mass is 326 g/mol. The number of furan rings is 1. The number of hydrogen-bond acceptors (Lipinski definition) is 4. The molecule has 0 saturated carbocycles. The number of benzene rings is 1. The summed E-state index contributed by atoms with van der Waals surface area (Å²) in [6, 6.07) is 10.8. The number of carbonyl (C=O) groups excluding carboxylic acids is 2. The van der Waals surface area contributed by atoms with Crippen LogP contribution in [0.1, 0.15) is 29.2 Å². The Morgan fingerprint density at radius 1 is 1.08 bits per heavy atom. The molecule has 2 aliphatic rings. The molecule has 1 aromatic carbocycles. The first-order chi connectivity index (χ1) is 11.7. The Kier molecular flexibility index (Phi) is 3.72. The number of nitrogens with zero attached hydrogens (tertiary/aromatic N) is 2. The normalized spacial score (nSPS) is 16.9. The number of amides is 2. The van der Waals surface area contributed by atoms with Crippen LogP contribution >= 0.6 is 0 Å². The van der Waals surface area contributed by atoms with Crippen molar-refractivity contribution in [2.45, 2.75) is 19.4 Å². The highest BCUT2D eigenvalue weighted by Gasteiger charge is 2.27. The molecule has 6 heteroatoms. The van der Waals surface area contributed by atoms with E-state index in [2.05, 4.69) is 0 Å². The van der Waals surface area contributed by atoms with Gasteiger partial charge in [0.1, 0.15) is 11.5 Å². The molecule has 0 unspecified atom stereocenters. The van der Waals surface area contributed by atoms with Gasteiger partial charge in [0.25, 0.3) is 11.8 Å². The van der Waals surface area contributed by atoms with Gasteiger partial charge in [0.15, 0.2) is 12.4 Å². The van der Waals surface area contributed by atoms with Gasteiger partial charge in [-0.3, -0.25) is 14.5 Å². The molecule has 0 spiro atoms. The largest absolute Gasteiger partial charge is 0.482 e. The zero-order valence-electron chi connectivity index (χ0n) is 13.2. The number of para-hydroxylation sites is 2. The van der Waals surface area contributed by atoms with Gasteiger partial charge in [0.2, 0.25) is 0 Å². The Labute approximate surface area is 139 Å². The van der Waals surface area contributed by atoms with Gasteiger partial charge in [-0.15, -0.1) is 0 Å². The second-order valence-corrected chi connectivity index (χ2v) is 6.00. The fraction of sp³-hybridized carbons (Fsp3) is 0.333. The Morgan fingerprint density at radius 2 is 1.88 bits per heavy atom. The minimum absolute atomic E-state index is 0.0112. The number of carbonyl (C=O) groups is 2. The molecule has 0 N–H and O–H groups in total. The molecule has 24 heavy (non-hydrogen) atoms. The Bertz CT molecular complexity index is 777. The van der Waals surface area contributed by atoms with E-state index in [9.17, 15) is 9.59 Å². The highest BCUT2D eigenvalue weighted by atomic mass is 16.5. The van der Waals surface area contributed by atoms with E-state index in [0.29, 0.717) is 17.3 Å². The van der Waals surface area contributed by atoms with Crippen molar-refractivity contribution in [3.05, 3.63) is 47.9 Å². The second kappa shape index (κ2) is 6.03. The van der Waals surface area contributed by atoms with Gasteiger partial charge in [0, 0.05) is 13.1 Å². The average molecular weight is 326 g/mol. The van der Waals surface area contributed by atoms with Crippen LogP contribution in [0.3, 0.4) is 0 Å². The molecule has 1 aromatic heterocycles. The lowest BCUT2D eigenvalue weighted by Crippen LogP contribution is -2.38. The molecule has 124 valence electrons. The van der Waals surface area contributed by atoms with Crippen molar-refractivity contribution in [1.82, 2.24) is 4.90 Å². The quantitative estimate of drug-likeness (QED) is 0.869. The SMILES string of the molecule is O=C(c1ccc(CN2C(=O)COc3ccccc32)o1)N1CCCC1. The fourth-order valence-corrected chi connectivity index (χ4v) is 3.14. The highest BCUT2D eigenvalue weighted by Crippen LogP contribution is 2.32. The third-order valence-electron chi connectivity index (χ3n) is 4.39. The first kappa shape index (κ1) is 14.8. The summed E-state index contributed by atoms with van der Waals surface area (Å²) < 4.78 is 11.1. The summed E-state index contributed by atoms with van der Waals surface area (Å²) in [4.78, 5) is 28.0. The molecule has 4 rings (SSSR count). The van der Waals surface area contributed by atoms with Crippen LogP contribution in [0.25, 0.3) is 0 Å². The van der Waals surface area contributed by atoms with Gasteiger partial charge in [-0.2, -0.15) is 0 Å². The molecule has 2 amide bonds. The average Bonchev–Trinajstić information content (AvgIpc) is 3.29. The smallest absolute Gasteiger partial charge is 0.289 e. The molecule has 3 heterocycles. The van der Waals surface area contributed by atoms with Gasteiger partial charge < -0.3 is 14.1 Å². The zero-order valence-corrected chi connectivity index (χ0v) is 13.2. The van der Waals surface area contributed by atoms with Crippen molar-refractivity contribution in [2.24, 2.45) is 0 Å². The minimum Gasteiger partial charge on any atom is -0.482 e. The third kappa shape index (κ3) is 2.64. The maximum absolute atomic E-state index is 12.3. The zero-order chi connectivity index (χ0) is 16.5. The van der Waals surface area contributed by atoms with Crippen molar-refractivity contribution in [3.8, 4) is 5.75 Å². The number of anilines is 1. The molecular weight excluding hydrogens is 308 g/mol. The van der Waals surface area contributed by atoms with Crippen LogP contribution in [-0.4, -0.2) is 36.4 Å². The van der Waals surface area contributed by atoms with Crippen LogP contribution in [0, 0.1) is 0 Å². The number of rotatable bonds is 3. The van der Waals surface area contributed by atoms with Crippen LogP contribution in [0.15, 0.2) is 40.8 Å². The lowest BCUT2D eigenvalue weighted by Gasteiger charge is -2.28. The first-order valence-electron chi connectivity index (χ1n) is 8.12. The molecule has 2 aliphatic heterocycles. The molecule has 0 aliphatic carbocycles. The summed E-state index contributed by atoms with van der Waals surface area (Å²) in [5.74, 6) is 1.39.